The van der Waals surface area contributed by atoms with E-state index in [2.05, 4.69) is 21.2 Å². The van der Waals surface area contributed by atoms with Gasteiger partial charge in [0.15, 0.2) is 6.61 Å². The van der Waals surface area contributed by atoms with Gasteiger partial charge in [0.2, 0.25) is 0 Å². The number of hydrogen-bond donors (Lipinski definition) is 1. The number of hydrogen-bond acceptors (Lipinski definition) is 4. The lowest BCUT2D eigenvalue weighted by Crippen LogP contribution is -2.22. The molecule has 25 heavy (non-hydrogen) atoms. The van der Waals surface area contributed by atoms with E-state index >= 15 is 0 Å². The number of methoxy groups -OCH3 is 1. The number of benzene rings is 2. The molecule has 0 aliphatic rings. The first-order chi connectivity index (χ1) is 11.9. The third-order valence-electron chi connectivity index (χ3n) is 3.49. The molecule has 5 nitrogen and oxygen atoms in total. The molecule has 0 saturated carbocycles. The molecule has 0 radical (unpaired) electrons. The van der Waals surface area contributed by atoms with Gasteiger partial charge >= 0.3 is 5.97 Å². The van der Waals surface area contributed by atoms with Gasteiger partial charge < -0.3 is 14.8 Å². The second-order valence-electron chi connectivity index (χ2n) is 5.27. The van der Waals surface area contributed by atoms with Gasteiger partial charge in [0.25, 0.3) is 5.91 Å². The van der Waals surface area contributed by atoms with Crippen LogP contribution < -0.4 is 10.1 Å². The molecule has 1 amide bonds. The van der Waals surface area contributed by atoms with Crippen LogP contribution in [0.4, 0.5) is 5.69 Å². The Hall–Kier alpha value is -2.05. The number of carbonyl (C=O) groups excluding carboxylic acids is 2. The molecule has 0 heterocycles. The molecule has 2 aromatic carbocycles. The summed E-state index contributed by atoms with van der Waals surface area (Å²) < 4.78 is 10.8. The third kappa shape index (κ3) is 5.47. The van der Waals surface area contributed by atoms with E-state index in [1.165, 1.54) is 0 Å². The highest BCUT2D eigenvalue weighted by Crippen LogP contribution is 2.30. The highest BCUT2D eigenvalue weighted by atomic mass is 79.9. The van der Waals surface area contributed by atoms with Crippen molar-refractivity contribution in [3.8, 4) is 5.75 Å². The first-order valence-corrected chi connectivity index (χ1v) is 8.61. The maximum absolute atomic E-state index is 11.9. The van der Waals surface area contributed by atoms with Crippen LogP contribution in [0.15, 0.2) is 40.9 Å². The number of halogens is 2. The smallest absolute Gasteiger partial charge is 0.310 e. The molecule has 0 aromatic heterocycles. The Kier molecular flexibility index (Phi) is 6.84. The second-order valence-corrected chi connectivity index (χ2v) is 6.50. The van der Waals surface area contributed by atoms with Crippen LogP contribution in [-0.4, -0.2) is 25.6 Å². The standard InChI is InChI=1S/C18H17BrClNO4/c1-11-15(8-7-14(19)18(11)20)21-16(22)10-25-17(23)9-12-3-5-13(24-2)6-4-12/h3-8H,9-10H2,1-2H3,(H,21,22). The molecule has 0 aliphatic heterocycles. The molecule has 132 valence electrons. The van der Waals surface area contributed by atoms with Crippen molar-refractivity contribution in [2.24, 2.45) is 0 Å². The number of esters is 1. The average molecular weight is 427 g/mol. The van der Waals surface area contributed by atoms with Gasteiger partial charge in [-0.2, -0.15) is 0 Å². The number of amides is 1. The topological polar surface area (TPSA) is 64.6 Å². The van der Waals surface area contributed by atoms with Gasteiger partial charge in [0.05, 0.1) is 18.6 Å². The fourth-order valence-electron chi connectivity index (χ4n) is 2.08. The Labute approximate surface area is 159 Å². The maximum atomic E-state index is 11.9. The molecular formula is C18H17BrClNO4. The Morgan fingerprint density at radius 3 is 2.48 bits per heavy atom. The quantitative estimate of drug-likeness (QED) is 0.705. The molecule has 0 saturated heterocycles. The SMILES string of the molecule is COc1ccc(CC(=O)OCC(=O)Nc2ccc(Br)c(Cl)c2C)cc1. The fraction of sp³-hybridized carbons (Fsp3) is 0.222. The van der Waals surface area contributed by atoms with Crippen molar-refractivity contribution in [3.63, 3.8) is 0 Å². The van der Waals surface area contributed by atoms with Crippen molar-refractivity contribution < 1.29 is 19.1 Å². The summed E-state index contributed by atoms with van der Waals surface area (Å²) in [4.78, 5) is 23.8. The molecule has 0 bridgehead atoms. The van der Waals surface area contributed by atoms with Crippen molar-refractivity contribution >= 4 is 45.1 Å². The first kappa shape index (κ1) is 19.3. The molecular weight excluding hydrogens is 410 g/mol. The lowest BCUT2D eigenvalue weighted by molar-refractivity contribution is -0.146. The number of carbonyl (C=O) groups is 2. The summed E-state index contributed by atoms with van der Waals surface area (Å²) >= 11 is 9.43. The first-order valence-electron chi connectivity index (χ1n) is 7.43. The predicted octanol–water partition coefficient (Wildman–Crippen LogP) is 4.14. The molecule has 7 heteroatoms. The normalized spacial score (nSPS) is 10.2. The van der Waals surface area contributed by atoms with Crippen LogP contribution in [-0.2, 0) is 20.7 Å². The van der Waals surface area contributed by atoms with Gasteiger partial charge in [-0.1, -0.05) is 23.7 Å². The fourth-order valence-corrected chi connectivity index (χ4v) is 2.68. The van der Waals surface area contributed by atoms with Gasteiger partial charge in [0, 0.05) is 10.2 Å². The van der Waals surface area contributed by atoms with Crippen LogP contribution in [0.3, 0.4) is 0 Å². The van der Waals surface area contributed by atoms with E-state index in [9.17, 15) is 9.59 Å². The maximum Gasteiger partial charge on any atom is 0.310 e. The van der Waals surface area contributed by atoms with Crippen molar-refractivity contribution in [2.45, 2.75) is 13.3 Å². The number of rotatable bonds is 6. The predicted molar refractivity (Wildman–Crippen MR) is 100 cm³/mol. The molecule has 1 N–H and O–H groups in total. The van der Waals surface area contributed by atoms with Crippen LogP contribution >= 0.6 is 27.5 Å². The second kappa shape index (κ2) is 8.87. The number of anilines is 1. The summed E-state index contributed by atoms with van der Waals surface area (Å²) in [6.45, 7) is 1.43. The summed E-state index contributed by atoms with van der Waals surface area (Å²) in [7, 11) is 1.57. The number of nitrogens with one attached hydrogen (secondary N) is 1. The summed E-state index contributed by atoms with van der Waals surface area (Å²) in [5.41, 5.74) is 2.08. The molecule has 0 fully saturated rings. The summed E-state index contributed by atoms with van der Waals surface area (Å²) in [6, 6.07) is 10.5. The summed E-state index contributed by atoms with van der Waals surface area (Å²) in [5, 5.41) is 3.20. The summed E-state index contributed by atoms with van der Waals surface area (Å²) in [5.74, 6) is -0.199. The zero-order valence-electron chi connectivity index (χ0n) is 13.8. The zero-order chi connectivity index (χ0) is 18.4. The Balaban J connectivity index is 1.85. The van der Waals surface area contributed by atoms with E-state index in [-0.39, 0.29) is 13.0 Å². The monoisotopic (exact) mass is 425 g/mol. The lowest BCUT2D eigenvalue weighted by Gasteiger charge is -2.11. The molecule has 0 unspecified atom stereocenters. The van der Waals surface area contributed by atoms with Crippen LogP contribution in [0.5, 0.6) is 5.75 Å². The van der Waals surface area contributed by atoms with Crippen LogP contribution in [0, 0.1) is 6.92 Å². The Morgan fingerprint density at radius 2 is 1.84 bits per heavy atom. The highest BCUT2D eigenvalue weighted by molar-refractivity contribution is 9.10. The van der Waals surface area contributed by atoms with Gasteiger partial charge in [-0.3, -0.25) is 9.59 Å². The molecule has 2 rings (SSSR count). The minimum Gasteiger partial charge on any atom is -0.497 e. The van der Waals surface area contributed by atoms with Gasteiger partial charge in [-0.15, -0.1) is 0 Å². The van der Waals surface area contributed by atoms with Crippen LogP contribution in [0.25, 0.3) is 0 Å². The van der Waals surface area contributed by atoms with Gasteiger partial charge in [0.1, 0.15) is 5.75 Å². The Bertz CT molecular complexity index is 777. The molecule has 0 aliphatic carbocycles. The van der Waals surface area contributed by atoms with E-state index in [1.54, 1.807) is 50.4 Å². The third-order valence-corrected chi connectivity index (χ3v) is 4.86. The van der Waals surface area contributed by atoms with E-state index in [0.29, 0.717) is 16.5 Å². The minimum absolute atomic E-state index is 0.0837. The van der Waals surface area contributed by atoms with Crippen LogP contribution in [0.1, 0.15) is 11.1 Å². The Morgan fingerprint density at radius 1 is 1.16 bits per heavy atom. The van der Waals surface area contributed by atoms with Crippen molar-refractivity contribution in [1.82, 2.24) is 0 Å². The van der Waals surface area contributed by atoms with E-state index in [1.807, 2.05) is 0 Å². The molecule has 0 spiro atoms. The van der Waals surface area contributed by atoms with Crippen molar-refractivity contribution in [3.05, 3.63) is 57.0 Å². The summed E-state index contributed by atoms with van der Waals surface area (Å²) in [6.07, 6.45) is 0.0837. The van der Waals surface area contributed by atoms with Crippen molar-refractivity contribution in [2.75, 3.05) is 19.0 Å². The highest BCUT2D eigenvalue weighted by Gasteiger charge is 2.12. The average Bonchev–Trinajstić information content (AvgIpc) is 2.61. The number of ether oxygens (including phenoxy) is 2. The van der Waals surface area contributed by atoms with Crippen LogP contribution in [0.2, 0.25) is 5.02 Å². The van der Waals surface area contributed by atoms with E-state index in [4.69, 9.17) is 21.1 Å². The zero-order valence-corrected chi connectivity index (χ0v) is 16.1. The van der Waals surface area contributed by atoms with Gasteiger partial charge in [-0.25, -0.2) is 0 Å². The van der Waals surface area contributed by atoms with E-state index in [0.717, 1.165) is 15.6 Å². The minimum atomic E-state index is -0.481. The van der Waals surface area contributed by atoms with Crippen molar-refractivity contribution in [1.29, 1.82) is 0 Å². The molecule has 2 aromatic rings. The molecule has 0 atom stereocenters. The van der Waals surface area contributed by atoms with Gasteiger partial charge in [-0.05, 0) is 58.2 Å². The van der Waals surface area contributed by atoms with E-state index < -0.39 is 11.9 Å². The lowest BCUT2D eigenvalue weighted by atomic mass is 10.1. The largest absolute Gasteiger partial charge is 0.497 e.